The van der Waals surface area contributed by atoms with Crippen LogP contribution in [0.5, 0.6) is 0 Å². The molecule has 2 atom stereocenters. The molecule has 0 unspecified atom stereocenters. The Bertz CT molecular complexity index is 959. The fourth-order valence-corrected chi connectivity index (χ4v) is 5.44. The molecular formula is C25H30F2N4O. The number of nitrogens with zero attached hydrogens (tertiary/aromatic N) is 3. The number of halogens is 2. The van der Waals surface area contributed by atoms with E-state index in [2.05, 4.69) is 15.1 Å². The minimum Gasteiger partial charge on any atom is -0.338 e. The molecular weight excluding hydrogens is 410 g/mol. The van der Waals surface area contributed by atoms with Gasteiger partial charge in [0.15, 0.2) is 0 Å². The lowest BCUT2D eigenvalue weighted by Crippen LogP contribution is -2.52. The minimum absolute atomic E-state index is 0.0523. The van der Waals surface area contributed by atoms with Crippen molar-refractivity contribution in [2.24, 2.45) is 0 Å². The third-order valence-corrected chi connectivity index (χ3v) is 7.22. The maximum absolute atomic E-state index is 14.1. The summed E-state index contributed by atoms with van der Waals surface area (Å²) in [6.45, 7) is 7.10. The van der Waals surface area contributed by atoms with Crippen LogP contribution in [-0.2, 0) is 0 Å². The van der Waals surface area contributed by atoms with Crippen LogP contribution in [0.15, 0.2) is 42.5 Å². The number of carbonyl (C=O) groups is 1. The second kappa shape index (κ2) is 9.16. The molecule has 2 amide bonds. The van der Waals surface area contributed by atoms with Crippen LogP contribution in [0.2, 0.25) is 0 Å². The number of piperazine rings is 1. The average Bonchev–Trinajstić information content (AvgIpc) is 3.18. The SMILES string of the molecule is O=C1NCCCN1CCN1CCN([C@@H]2C[C@@H](c3ccc(F)cc3)c3cc(F)ccc32)CC1. The fourth-order valence-electron chi connectivity index (χ4n) is 5.44. The lowest BCUT2D eigenvalue weighted by molar-refractivity contribution is 0.0879. The number of rotatable bonds is 5. The standard InChI is InChI=1S/C25H30F2N4O/c26-19-4-2-18(3-5-19)22-17-24(21-7-6-20(27)16-23(21)22)30-13-10-29(11-14-30)12-15-31-9-1-8-28-25(31)32/h2-7,16,22,24H,1,8-15,17H2,(H,28,32)/t22-,24+/m0/s1. The Morgan fingerprint density at radius 3 is 2.38 bits per heavy atom. The van der Waals surface area contributed by atoms with E-state index in [0.29, 0.717) is 0 Å². The van der Waals surface area contributed by atoms with Crippen molar-refractivity contribution in [2.75, 3.05) is 52.4 Å². The molecule has 0 aromatic heterocycles. The zero-order valence-electron chi connectivity index (χ0n) is 18.3. The zero-order chi connectivity index (χ0) is 22.1. The molecule has 2 heterocycles. The highest BCUT2D eigenvalue weighted by atomic mass is 19.1. The van der Waals surface area contributed by atoms with Crippen molar-refractivity contribution < 1.29 is 13.6 Å². The van der Waals surface area contributed by atoms with E-state index < -0.39 is 0 Å². The highest BCUT2D eigenvalue weighted by Crippen LogP contribution is 2.47. The summed E-state index contributed by atoms with van der Waals surface area (Å²) in [5.74, 6) is -0.383. The first-order valence-electron chi connectivity index (χ1n) is 11.6. The van der Waals surface area contributed by atoms with E-state index in [1.165, 1.54) is 17.7 Å². The Hall–Kier alpha value is -2.51. The van der Waals surface area contributed by atoms with Crippen LogP contribution in [0.25, 0.3) is 0 Å². The molecule has 2 fully saturated rings. The Labute approximate surface area is 188 Å². The molecule has 0 spiro atoms. The molecule has 0 bridgehead atoms. The van der Waals surface area contributed by atoms with Gasteiger partial charge in [-0.1, -0.05) is 18.2 Å². The first-order valence-corrected chi connectivity index (χ1v) is 11.6. The molecule has 1 N–H and O–H groups in total. The number of hydrogen-bond donors (Lipinski definition) is 1. The third-order valence-electron chi connectivity index (χ3n) is 7.22. The van der Waals surface area contributed by atoms with Gasteiger partial charge in [-0.3, -0.25) is 9.80 Å². The van der Waals surface area contributed by atoms with Crippen molar-refractivity contribution >= 4 is 6.03 Å². The summed E-state index contributed by atoms with van der Waals surface area (Å²) in [6.07, 6.45) is 1.90. The lowest BCUT2D eigenvalue weighted by atomic mass is 9.93. The Kier molecular flexibility index (Phi) is 6.11. The highest BCUT2D eigenvalue weighted by Gasteiger charge is 2.36. The molecule has 1 aliphatic carbocycles. The Morgan fingerprint density at radius 1 is 0.875 bits per heavy atom. The summed E-state index contributed by atoms with van der Waals surface area (Å²) >= 11 is 0. The van der Waals surface area contributed by atoms with Crippen molar-refractivity contribution in [1.82, 2.24) is 20.0 Å². The highest BCUT2D eigenvalue weighted by molar-refractivity contribution is 5.74. The largest absolute Gasteiger partial charge is 0.338 e. The van der Waals surface area contributed by atoms with Crippen LogP contribution in [0.1, 0.15) is 41.5 Å². The third kappa shape index (κ3) is 4.36. The van der Waals surface area contributed by atoms with Gasteiger partial charge in [0.25, 0.3) is 0 Å². The van der Waals surface area contributed by atoms with Crippen LogP contribution in [0.4, 0.5) is 13.6 Å². The van der Waals surface area contributed by atoms with Gasteiger partial charge in [-0.2, -0.15) is 0 Å². The summed E-state index contributed by atoms with van der Waals surface area (Å²) in [6, 6.07) is 12.1. The van der Waals surface area contributed by atoms with E-state index in [0.717, 1.165) is 76.3 Å². The van der Waals surface area contributed by atoms with Crippen molar-refractivity contribution in [3.8, 4) is 0 Å². The molecule has 170 valence electrons. The molecule has 5 nitrogen and oxygen atoms in total. The summed E-state index contributed by atoms with van der Waals surface area (Å²) in [5, 5.41) is 2.91. The van der Waals surface area contributed by atoms with Crippen LogP contribution < -0.4 is 5.32 Å². The van der Waals surface area contributed by atoms with Gasteiger partial charge in [0.1, 0.15) is 11.6 Å². The number of hydrogen-bond acceptors (Lipinski definition) is 3. The molecule has 2 aromatic rings. The maximum atomic E-state index is 14.1. The smallest absolute Gasteiger partial charge is 0.317 e. The average molecular weight is 441 g/mol. The van der Waals surface area contributed by atoms with E-state index in [9.17, 15) is 13.6 Å². The van der Waals surface area contributed by atoms with Gasteiger partial charge < -0.3 is 10.2 Å². The van der Waals surface area contributed by atoms with Crippen LogP contribution >= 0.6 is 0 Å². The molecule has 3 aliphatic rings. The fraction of sp³-hybridized carbons (Fsp3) is 0.480. The van der Waals surface area contributed by atoms with Crippen LogP contribution in [0.3, 0.4) is 0 Å². The summed E-state index contributed by atoms with van der Waals surface area (Å²) < 4.78 is 27.5. The van der Waals surface area contributed by atoms with Gasteiger partial charge in [0.05, 0.1) is 0 Å². The van der Waals surface area contributed by atoms with Crippen LogP contribution in [-0.4, -0.2) is 73.1 Å². The van der Waals surface area contributed by atoms with E-state index in [1.54, 1.807) is 12.1 Å². The number of nitrogens with one attached hydrogen (secondary N) is 1. The monoisotopic (exact) mass is 440 g/mol. The number of carbonyl (C=O) groups excluding carboxylic acids is 1. The van der Waals surface area contributed by atoms with Gasteiger partial charge in [0, 0.05) is 64.3 Å². The molecule has 0 radical (unpaired) electrons. The zero-order valence-corrected chi connectivity index (χ0v) is 18.3. The predicted octanol–water partition coefficient (Wildman–Crippen LogP) is 3.57. The van der Waals surface area contributed by atoms with E-state index in [1.807, 2.05) is 23.1 Å². The van der Waals surface area contributed by atoms with Crippen molar-refractivity contribution in [3.63, 3.8) is 0 Å². The van der Waals surface area contributed by atoms with E-state index in [-0.39, 0.29) is 29.6 Å². The lowest BCUT2D eigenvalue weighted by Gasteiger charge is -2.39. The molecule has 0 saturated carbocycles. The summed E-state index contributed by atoms with van der Waals surface area (Å²) in [4.78, 5) is 18.8. The molecule has 2 aliphatic heterocycles. The van der Waals surface area contributed by atoms with Gasteiger partial charge >= 0.3 is 6.03 Å². The molecule has 2 saturated heterocycles. The van der Waals surface area contributed by atoms with Gasteiger partial charge in [-0.15, -0.1) is 0 Å². The van der Waals surface area contributed by atoms with Crippen LogP contribution in [0, 0.1) is 11.6 Å². The quantitative estimate of drug-likeness (QED) is 0.773. The second-order valence-corrected chi connectivity index (χ2v) is 9.08. The van der Waals surface area contributed by atoms with E-state index >= 15 is 0 Å². The molecule has 7 heteroatoms. The Morgan fingerprint density at radius 2 is 1.62 bits per heavy atom. The molecule has 5 rings (SSSR count). The minimum atomic E-state index is -0.249. The molecule has 2 aromatic carbocycles. The maximum Gasteiger partial charge on any atom is 0.317 e. The molecule has 32 heavy (non-hydrogen) atoms. The van der Waals surface area contributed by atoms with Crippen molar-refractivity contribution in [2.45, 2.75) is 24.8 Å². The summed E-state index contributed by atoms with van der Waals surface area (Å²) in [5.41, 5.74) is 3.26. The Balaban J connectivity index is 1.24. The van der Waals surface area contributed by atoms with Gasteiger partial charge in [-0.25, -0.2) is 13.6 Å². The first-order chi connectivity index (χ1) is 15.6. The number of fused-ring (bicyclic) bond motifs is 1. The number of amides is 2. The number of benzene rings is 2. The topological polar surface area (TPSA) is 38.8 Å². The second-order valence-electron chi connectivity index (χ2n) is 9.08. The number of urea groups is 1. The summed E-state index contributed by atoms with van der Waals surface area (Å²) in [7, 11) is 0. The van der Waals surface area contributed by atoms with Crippen molar-refractivity contribution in [3.05, 3.63) is 70.8 Å². The predicted molar refractivity (Wildman–Crippen MR) is 120 cm³/mol. The van der Waals surface area contributed by atoms with Gasteiger partial charge in [0.2, 0.25) is 0 Å². The van der Waals surface area contributed by atoms with E-state index in [4.69, 9.17) is 0 Å². The van der Waals surface area contributed by atoms with Gasteiger partial charge in [-0.05, 0) is 53.8 Å². The van der Waals surface area contributed by atoms with Crippen molar-refractivity contribution in [1.29, 1.82) is 0 Å². The first kappa shape index (κ1) is 21.3. The normalized spacial score (nSPS) is 24.4.